The number of aromatic nitrogens is 4. The van der Waals surface area contributed by atoms with Gasteiger partial charge >= 0.3 is 168 Å². The van der Waals surface area contributed by atoms with Gasteiger partial charge in [-0.3, -0.25) is 0 Å². The van der Waals surface area contributed by atoms with E-state index < -0.39 is 18.4 Å². The normalized spacial score (nSPS) is 11.9. The molecule has 0 aromatic carbocycles. The van der Waals surface area contributed by atoms with E-state index in [-0.39, 0.29) is 0 Å². The van der Waals surface area contributed by atoms with Crippen LogP contribution in [0.2, 0.25) is 18.5 Å². The molecule has 0 saturated heterocycles. The maximum atomic E-state index is 6.32. The van der Waals surface area contributed by atoms with Crippen LogP contribution in [0.25, 0.3) is 5.69 Å². The summed E-state index contributed by atoms with van der Waals surface area (Å²) in [6.45, 7) is 9.08. The Labute approximate surface area is 167 Å². The third kappa shape index (κ3) is 5.00. The molecule has 0 aliphatic carbocycles. The van der Waals surface area contributed by atoms with Crippen LogP contribution in [-0.2, 0) is 0 Å². The molecule has 0 spiro atoms. The molecule has 0 bridgehead atoms. The summed E-state index contributed by atoms with van der Waals surface area (Å²) in [7, 11) is 0. The van der Waals surface area contributed by atoms with Crippen LogP contribution in [0, 0.1) is 6.92 Å². The zero-order chi connectivity index (χ0) is 19.0. The summed E-state index contributed by atoms with van der Waals surface area (Å²) in [4.78, 5) is 4.21. The van der Waals surface area contributed by atoms with E-state index in [0.29, 0.717) is 5.15 Å². The van der Waals surface area contributed by atoms with Crippen LogP contribution < -0.4 is 3.71 Å². The second kappa shape index (κ2) is 10.6. The first-order valence-electron chi connectivity index (χ1n) is 10.1. The van der Waals surface area contributed by atoms with E-state index in [0.717, 1.165) is 5.69 Å². The molecule has 2 aromatic heterocycles. The molecule has 144 valence electrons. The number of pyridine rings is 1. The Morgan fingerprint density at radius 3 is 2.08 bits per heavy atom. The molecule has 0 amide bonds. The Morgan fingerprint density at radius 2 is 1.58 bits per heavy atom. The Balaban J connectivity index is 2.48. The third-order valence-corrected chi connectivity index (χ3v) is 21.1. The summed E-state index contributed by atoms with van der Waals surface area (Å²) in [6.07, 6.45) is 9.47. The first kappa shape index (κ1) is 21.7. The van der Waals surface area contributed by atoms with Crippen LogP contribution in [-0.4, -0.2) is 38.4 Å². The molecule has 2 rings (SSSR count). The van der Waals surface area contributed by atoms with E-state index in [1.165, 1.54) is 61.2 Å². The zero-order valence-electron chi connectivity index (χ0n) is 16.8. The molecule has 0 radical (unpaired) electrons. The molecule has 0 aliphatic rings. The zero-order valence-corrected chi connectivity index (χ0v) is 20.4. The molecule has 4 nitrogen and oxygen atoms in total. The fourth-order valence-corrected chi connectivity index (χ4v) is 20.3. The summed E-state index contributed by atoms with van der Waals surface area (Å²) < 4.78 is 7.47. The van der Waals surface area contributed by atoms with Crippen molar-refractivity contribution < 1.29 is 0 Å². The van der Waals surface area contributed by atoms with Gasteiger partial charge in [-0.25, -0.2) is 0 Å². The van der Waals surface area contributed by atoms with E-state index >= 15 is 0 Å². The quantitative estimate of drug-likeness (QED) is 0.305. The van der Waals surface area contributed by atoms with E-state index in [1.807, 2.05) is 16.8 Å². The third-order valence-electron chi connectivity index (χ3n) is 5.39. The van der Waals surface area contributed by atoms with Gasteiger partial charge in [0.25, 0.3) is 0 Å². The Morgan fingerprint density at radius 1 is 1.00 bits per heavy atom. The van der Waals surface area contributed by atoms with Gasteiger partial charge in [-0.2, -0.15) is 0 Å². The van der Waals surface area contributed by atoms with Crippen LogP contribution in [0.5, 0.6) is 0 Å². The van der Waals surface area contributed by atoms with Gasteiger partial charge in [0.2, 0.25) is 0 Å². The average molecular weight is 484 g/mol. The van der Waals surface area contributed by atoms with E-state index in [9.17, 15) is 0 Å². The minimum absolute atomic E-state index is 0.489. The summed E-state index contributed by atoms with van der Waals surface area (Å²) >= 11 is 3.74. The molecular formula is C20H33ClN4Sn. The number of hydrogen-bond donors (Lipinski definition) is 0. The number of rotatable bonds is 11. The molecule has 2 aromatic rings. The van der Waals surface area contributed by atoms with Crippen molar-refractivity contribution in [2.24, 2.45) is 0 Å². The van der Waals surface area contributed by atoms with Gasteiger partial charge in [-0.1, -0.05) is 0 Å². The average Bonchev–Trinajstić information content (AvgIpc) is 3.04. The molecule has 0 aliphatic heterocycles. The fraction of sp³-hybridized carbons (Fsp3) is 0.650. The van der Waals surface area contributed by atoms with Crippen molar-refractivity contribution in [2.45, 2.75) is 79.5 Å². The van der Waals surface area contributed by atoms with Crippen LogP contribution >= 0.6 is 11.6 Å². The van der Waals surface area contributed by atoms with E-state index in [2.05, 4.69) is 37.9 Å². The van der Waals surface area contributed by atoms with Gasteiger partial charge in [-0.05, 0) is 0 Å². The van der Waals surface area contributed by atoms with Crippen molar-refractivity contribution in [3.05, 3.63) is 29.2 Å². The predicted molar refractivity (Wildman–Crippen MR) is 113 cm³/mol. The number of nitrogens with zero attached hydrogens (tertiary/aromatic N) is 4. The second-order valence-electron chi connectivity index (χ2n) is 7.34. The van der Waals surface area contributed by atoms with E-state index in [1.54, 1.807) is 6.20 Å². The molecule has 0 atom stereocenters. The molecular weight excluding hydrogens is 450 g/mol. The monoisotopic (exact) mass is 484 g/mol. The minimum atomic E-state index is -2.58. The van der Waals surface area contributed by atoms with Crippen LogP contribution in [0.1, 0.15) is 65.0 Å². The number of hydrogen-bond acceptors (Lipinski definition) is 3. The first-order valence-corrected chi connectivity index (χ1v) is 18.0. The van der Waals surface area contributed by atoms with Crippen molar-refractivity contribution in [3.8, 4) is 5.69 Å². The van der Waals surface area contributed by atoms with Gasteiger partial charge in [0.1, 0.15) is 0 Å². The fourth-order valence-electron chi connectivity index (χ4n) is 3.86. The molecule has 0 unspecified atom stereocenters. The Hall–Kier alpha value is -0.621. The van der Waals surface area contributed by atoms with Gasteiger partial charge in [0, 0.05) is 0 Å². The number of halogens is 1. The van der Waals surface area contributed by atoms with Crippen molar-refractivity contribution in [1.82, 2.24) is 20.0 Å². The summed E-state index contributed by atoms with van der Waals surface area (Å²) in [5.74, 6) is 0. The van der Waals surface area contributed by atoms with Crippen LogP contribution in [0.3, 0.4) is 0 Å². The Bertz CT molecular complexity index is 664. The van der Waals surface area contributed by atoms with Crippen molar-refractivity contribution in [1.29, 1.82) is 0 Å². The topological polar surface area (TPSA) is 43.6 Å². The second-order valence-corrected chi connectivity index (χ2v) is 20.6. The van der Waals surface area contributed by atoms with Gasteiger partial charge in [0.15, 0.2) is 0 Å². The molecule has 6 heteroatoms. The summed E-state index contributed by atoms with van der Waals surface area (Å²) in [5, 5.41) is 9.81. The predicted octanol–water partition coefficient (Wildman–Crippen LogP) is 5.68. The molecule has 0 fully saturated rings. The first-order chi connectivity index (χ1) is 12.6. The van der Waals surface area contributed by atoms with Gasteiger partial charge < -0.3 is 0 Å². The number of unbranched alkanes of at least 4 members (excludes halogenated alkanes) is 3. The summed E-state index contributed by atoms with van der Waals surface area (Å²) in [5.41, 5.74) is 2.03. The SMILES string of the molecule is CCC[CH2][Sn]([CH2]CCC)([CH2]CCC)[c]1nnn(-c2cccnc2Cl)c1C. The molecule has 0 N–H and O–H groups in total. The maximum absolute atomic E-state index is 6.32. The summed E-state index contributed by atoms with van der Waals surface area (Å²) in [6, 6.07) is 3.88. The van der Waals surface area contributed by atoms with Crippen molar-refractivity contribution in [3.63, 3.8) is 0 Å². The Kier molecular flexibility index (Phi) is 8.88. The molecule has 0 saturated carbocycles. The molecule has 26 heavy (non-hydrogen) atoms. The van der Waals surface area contributed by atoms with Crippen LogP contribution in [0.15, 0.2) is 18.3 Å². The van der Waals surface area contributed by atoms with Crippen molar-refractivity contribution in [2.75, 3.05) is 0 Å². The van der Waals surface area contributed by atoms with E-state index in [4.69, 9.17) is 16.7 Å². The van der Waals surface area contributed by atoms with Gasteiger partial charge in [0.05, 0.1) is 0 Å². The molecule has 2 heterocycles. The standard InChI is InChI=1S/C8H6ClN4.3C4H9.Sn/c1-6-5-11-12-13(6)7-3-2-4-10-8(7)9;3*1-3-4-2;/h2-4H,1H3;3*1,3-4H2,2H3;. The van der Waals surface area contributed by atoms with Crippen molar-refractivity contribution >= 4 is 33.7 Å². The van der Waals surface area contributed by atoms with Crippen LogP contribution in [0.4, 0.5) is 0 Å². The van der Waals surface area contributed by atoms with Gasteiger partial charge in [-0.15, -0.1) is 0 Å².